The number of nitrogens with two attached hydrogens (primary N) is 1. The lowest BCUT2D eigenvalue weighted by molar-refractivity contribution is 0.0905. The Morgan fingerprint density at radius 3 is 3.11 bits per heavy atom. The molecule has 104 valence electrons. The molecule has 1 atom stereocenters. The molecule has 19 heavy (non-hydrogen) atoms. The summed E-state index contributed by atoms with van der Waals surface area (Å²) >= 11 is 0. The van der Waals surface area contributed by atoms with E-state index < -0.39 is 0 Å². The predicted molar refractivity (Wildman–Crippen MR) is 73.3 cm³/mol. The Balaban J connectivity index is 1.88. The van der Waals surface area contributed by atoms with Crippen LogP contribution in [0, 0.1) is 0 Å². The van der Waals surface area contributed by atoms with Gasteiger partial charge in [-0.2, -0.15) is 0 Å². The summed E-state index contributed by atoms with van der Waals surface area (Å²) in [5.41, 5.74) is 6.74. The second-order valence-corrected chi connectivity index (χ2v) is 4.64. The molecule has 1 aromatic rings. The molecule has 3 N–H and O–H groups in total. The fraction of sp³-hybridized carbons (Fsp3) is 0.500. The molecule has 0 bridgehead atoms. The number of benzene rings is 1. The topological polar surface area (TPSA) is 73.6 Å². The van der Waals surface area contributed by atoms with Crippen molar-refractivity contribution in [1.29, 1.82) is 0 Å². The number of nitrogens with one attached hydrogen (secondary N) is 1. The molecule has 0 aromatic heterocycles. The summed E-state index contributed by atoms with van der Waals surface area (Å²) in [4.78, 5) is 12.0. The van der Waals surface area contributed by atoms with Crippen LogP contribution < -0.4 is 15.8 Å². The van der Waals surface area contributed by atoms with Gasteiger partial charge in [0.1, 0.15) is 5.75 Å². The highest BCUT2D eigenvalue weighted by Crippen LogP contribution is 2.21. The van der Waals surface area contributed by atoms with Gasteiger partial charge in [-0.3, -0.25) is 4.79 Å². The van der Waals surface area contributed by atoms with Crippen LogP contribution >= 0.6 is 0 Å². The van der Waals surface area contributed by atoms with Crippen molar-refractivity contribution in [3.05, 3.63) is 23.8 Å². The van der Waals surface area contributed by atoms with Crippen molar-refractivity contribution in [2.75, 3.05) is 26.0 Å². The summed E-state index contributed by atoms with van der Waals surface area (Å²) in [6, 6.07) is 5.02. The molecule has 1 aliphatic heterocycles. The summed E-state index contributed by atoms with van der Waals surface area (Å²) in [6.07, 6.45) is 3.34. The minimum absolute atomic E-state index is 0.144. The number of methoxy groups -OCH3 is 1. The molecule has 2 rings (SSSR count). The molecule has 0 radical (unpaired) electrons. The first kappa shape index (κ1) is 13.7. The van der Waals surface area contributed by atoms with E-state index in [1.807, 2.05) is 0 Å². The molecule has 5 nitrogen and oxygen atoms in total. The summed E-state index contributed by atoms with van der Waals surface area (Å²) < 4.78 is 10.7. The molecule has 0 aliphatic carbocycles. The third-order valence-electron chi connectivity index (χ3n) is 3.25. The summed E-state index contributed by atoms with van der Waals surface area (Å²) in [6.45, 7) is 1.45. The van der Waals surface area contributed by atoms with Gasteiger partial charge in [0.15, 0.2) is 0 Å². The van der Waals surface area contributed by atoms with Crippen molar-refractivity contribution in [3.63, 3.8) is 0 Å². The van der Waals surface area contributed by atoms with Gasteiger partial charge in [0, 0.05) is 24.9 Å². The number of hydrogen-bond donors (Lipinski definition) is 2. The quantitative estimate of drug-likeness (QED) is 0.792. The number of nitrogen functional groups attached to an aromatic ring is 1. The first-order valence-electron chi connectivity index (χ1n) is 6.54. The Morgan fingerprint density at radius 2 is 2.42 bits per heavy atom. The van der Waals surface area contributed by atoms with E-state index >= 15 is 0 Å². The molecule has 5 heteroatoms. The minimum Gasteiger partial charge on any atom is -0.496 e. The highest BCUT2D eigenvalue weighted by molar-refractivity contribution is 5.97. The van der Waals surface area contributed by atoms with Gasteiger partial charge in [-0.05, 0) is 31.4 Å². The van der Waals surface area contributed by atoms with Crippen LogP contribution in [0.25, 0.3) is 0 Å². The number of carbonyl (C=O) groups is 1. The number of anilines is 1. The van der Waals surface area contributed by atoms with Crippen LogP contribution in [0.2, 0.25) is 0 Å². The van der Waals surface area contributed by atoms with Crippen LogP contribution in [0.5, 0.6) is 5.75 Å². The van der Waals surface area contributed by atoms with E-state index in [-0.39, 0.29) is 12.0 Å². The molecule has 1 saturated heterocycles. The third kappa shape index (κ3) is 3.61. The lowest BCUT2D eigenvalue weighted by Crippen LogP contribution is -2.27. The Labute approximate surface area is 113 Å². The molecular formula is C14H20N2O3. The average Bonchev–Trinajstić information content (AvgIpc) is 2.91. The molecule has 0 spiro atoms. The molecule has 1 amide bonds. The molecular weight excluding hydrogens is 244 g/mol. The van der Waals surface area contributed by atoms with Crippen LogP contribution in [-0.4, -0.2) is 32.3 Å². The van der Waals surface area contributed by atoms with Crippen LogP contribution in [0.1, 0.15) is 29.6 Å². The predicted octanol–water partition coefficient (Wildman–Crippen LogP) is 1.58. The second kappa shape index (κ2) is 6.43. The zero-order chi connectivity index (χ0) is 13.7. The van der Waals surface area contributed by atoms with Gasteiger partial charge in [-0.15, -0.1) is 0 Å². The van der Waals surface area contributed by atoms with Crippen molar-refractivity contribution < 1.29 is 14.3 Å². The molecule has 1 aromatic carbocycles. The van der Waals surface area contributed by atoms with Crippen LogP contribution in [0.4, 0.5) is 5.69 Å². The van der Waals surface area contributed by atoms with E-state index in [0.29, 0.717) is 23.5 Å². The van der Waals surface area contributed by atoms with Crippen molar-refractivity contribution >= 4 is 11.6 Å². The summed E-state index contributed by atoms with van der Waals surface area (Å²) in [7, 11) is 1.53. The highest BCUT2D eigenvalue weighted by Gasteiger charge is 2.16. The zero-order valence-corrected chi connectivity index (χ0v) is 11.1. The summed E-state index contributed by atoms with van der Waals surface area (Å²) in [5.74, 6) is 0.351. The van der Waals surface area contributed by atoms with Crippen molar-refractivity contribution in [3.8, 4) is 5.75 Å². The molecule has 1 fully saturated rings. The molecule has 1 unspecified atom stereocenters. The standard InChI is InChI=1S/C14H20N2O3/c1-18-13-9-10(15)4-5-12(13)14(17)16-7-6-11-3-2-8-19-11/h4-5,9,11H,2-3,6-8,15H2,1H3,(H,16,17). The smallest absolute Gasteiger partial charge is 0.255 e. The maximum atomic E-state index is 12.0. The largest absolute Gasteiger partial charge is 0.496 e. The SMILES string of the molecule is COc1cc(N)ccc1C(=O)NCCC1CCCO1. The third-order valence-corrected chi connectivity index (χ3v) is 3.25. The fourth-order valence-electron chi connectivity index (χ4n) is 2.21. The minimum atomic E-state index is -0.144. The molecule has 0 saturated carbocycles. The highest BCUT2D eigenvalue weighted by atomic mass is 16.5. The monoisotopic (exact) mass is 264 g/mol. The van der Waals surface area contributed by atoms with Gasteiger partial charge in [-0.1, -0.05) is 0 Å². The van der Waals surface area contributed by atoms with E-state index in [2.05, 4.69) is 5.32 Å². The van der Waals surface area contributed by atoms with Crippen molar-refractivity contribution in [2.24, 2.45) is 0 Å². The van der Waals surface area contributed by atoms with Gasteiger partial charge >= 0.3 is 0 Å². The summed E-state index contributed by atoms with van der Waals surface area (Å²) in [5, 5.41) is 2.88. The maximum Gasteiger partial charge on any atom is 0.255 e. The first-order chi connectivity index (χ1) is 9.20. The van der Waals surface area contributed by atoms with Crippen molar-refractivity contribution in [1.82, 2.24) is 5.32 Å². The Bertz CT molecular complexity index is 442. The van der Waals surface area contributed by atoms with Gasteiger partial charge in [0.2, 0.25) is 0 Å². The lowest BCUT2D eigenvalue weighted by atomic mass is 10.1. The maximum absolute atomic E-state index is 12.0. The van der Waals surface area contributed by atoms with Gasteiger partial charge in [0.25, 0.3) is 5.91 Å². The van der Waals surface area contributed by atoms with E-state index in [1.165, 1.54) is 7.11 Å². The Morgan fingerprint density at radius 1 is 1.58 bits per heavy atom. The number of amides is 1. The molecule has 1 aliphatic rings. The number of hydrogen-bond acceptors (Lipinski definition) is 4. The zero-order valence-electron chi connectivity index (χ0n) is 11.1. The number of carbonyl (C=O) groups excluding carboxylic acids is 1. The van der Waals surface area contributed by atoms with Crippen LogP contribution in [-0.2, 0) is 4.74 Å². The Hall–Kier alpha value is -1.75. The number of ether oxygens (including phenoxy) is 2. The lowest BCUT2D eigenvalue weighted by Gasteiger charge is -2.12. The van der Waals surface area contributed by atoms with Crippen molar-refractivity contribution in [2.45, 2.75) is 25.4 Å². The van der Waals surface area contributed by atoms with Gasteiger partial charge in [0.05, 0.1) is 18.8 Å². The normalized spacial score (nSPS) is 18.3. The van der Waals surface area contributed by atoms with E-state index in [4.69, 9.17) is 15.2 Å². The first-order valence-corrected chi connectivity index (χ1v) is 6.54. The van der Waals surface area contributed by atoms with Crippen LogP contribution in [0.15, 0.2) is 18.2 Å². The number of rotatable bonds is 5. The average molecular weight is 264 g/mol. The van der Waals surface area contributed by atoms with E-state index in [1.54, 1.807) is 18.2 Å². The van der Waals surface area contributed by atoms with Gasteiger partial charge < -0.3 is 20.5 Å². The Kier molecular flexibility index (Phi) is 4.63. The fourth-order valence-corrected chi connectivity index (χ4v) is 2.21. The van der Waals surface area contributed by atoms with E-state index in [0.717, 1.165) is 25.9 Å². The van der Waals surface area contributed by atoms with E-state index in [9.17, 15) is 4.79 Å². The van der Waals surface area contributed by atoms with Crippen LogP contribution in [0.3, 0.4) is 0 Å². The van der Waals surface area contributed by atoms with Gasteiger partial charge in [-0.25, -0.2) is 0 Å². The molecule has 1 heterocycles. The second-order valence-electron chi connectivity index (χ2n) is 4.64.